The van der Waals surface area contributed by atoms with Crippen LogP contribution in [0.3, 0.4) is 0 Å². The zero-order chi connectivity index (χ0) is 12.3. The van der Waals surface area contributed by atoms with Gasteiger partial charge in [-0.3, -0.25) is 10.1 Å². The Kier molecular flexibility index (Phi) is 3.04. The SMILES string of the molecule is Cn1cc(COc2ccccc2C(=N)N)nn1. The zero-order valence-electron chi connectivity index (χ0n) is 9.42. The van der Waals surface area contributed by atoms with Crippen LogP contribution in [0.15, 0.2) is 30.5 Å². The molecule has 17 heavy (non-hydrogen) atoms. The van der Waals surface area contributed by atoms with Gasteiger partial charge >= 0.3 is 0 Å². The molecule has 0 atom stereocenters. The van der Waals surface area contributed by atoms with Crippen LogP contribution in [-0.4, -0.2) is 20.8 Å². The molecule has 0 unspecified atom stereocenters. The average Bonchev–Trinajstić information content (AvgIpc) is 2.73. The van der Waals surface area contributed by atoms with Crippen LogP contribution in [0.25, 0.3) is 0 Å². The average molecular weight is 231 g/mol. The van der Waals surface area contributed by atoms with Crippen LogP contribution in [0.2, 0.25) is 0 Å². The van der Waals surface area contributed by atoms with E-state index < -0.39 is 0 Å². The predicted molar refractivity (Wildman–Crippen MR) is 62.8 cm³/mol. The Hall–Kier alpha value is -2.37. The minimum atomic E-state index is -0.0141. The van der Waals surface area contributed by atoms with Crippen molar-refractivity contribution in [1.29, 1.82) is 5.41 Å². The molecule has 3 N–H and O–H groups in total. The Labute approximate surface area is 98.5 Å². The van der Waals surface area contributed by atoms with Crippen molar-refractivity contribution in [1.82, 2.24) is 15.0 Å². The maximum Gasteiger partial charge on any atom is 0.134 e. The second-order valence-corrected chi connectivity index (χ2v) is 3.58. The quantitative estimate of drug-likeness (QED) is 0.598. The zero-order valence-corrected chi connectivity index (χ0v) is 9.42. The molecule has 0 aliphatic carbocycles. The summed E-state index contributed by atoms with van der Waals surface area (Å²) in [5, 5.41) is 15.1. The van der Waals surface area contributed by atoms with Gasteiger partial charge in [-0.2, -0.15) is 0 Å². The van der Waals surface area contributed by atoms with E-state index in [4.69, 9.17) is 15.9 Å². The molecule has 1 heterocycles. The fourth-order valence-electron chi connectivity index (χ4n) is 1.43. The summed E-state index contributed by atoms with van der Waals surface area (Å²) in [7, 11) is 1.79. The largest absolute Gasteiger partial charge is 0.486 e. The molecular formula is C11H13N5O. The highest BCUT2D eigenvalue weighted by molar-refractivity contribution is 5.97. The van der Waals surface area contributed by atoms with Gasteiger partial charge in [0.15, 0.2) is 0 Å². The van der Waals surface area contributed by atoms with Gasteiger partial charge in [-0.05, 0) is 12.1 Å². The maximum absolute atomic E-state index is 7.43. The third kappa shape index (κ3) is 2.60. The summed E-state index contributed by atoms with van der Waals surface area (Å²) in [6.45, 7) is 0.304. The molecular weight excluding hydrogens is 218 g/mol. The van der Waals surface area contributed by atoms with Crippen LogP contribution < -0.4 is 10.5 Å². The van der Waals surface area contributed by atoms with Gasteiger partial charge in [-0.25, -0.2) is 0 Å². The van der Waals surface area contributed by atoms with Crippen molar-refractivity contribution in [3.63, 3.8) is 0 Å². The van der Waals surface area contributed by atoms with E-state index in [1.165, 1.54) is 0 Å². The molecule has 1 aromatic carbocycles. The number of amidine groups is 1. The van der Waals surface area contributed by atoms with Gasteiger partial charge < -0.3 is 10.5 Å². The summed E-state index contributed by atoms with van der Waals surface area (Å²) in [5.74, 6) is 0.561. The van der Waals surface area contributed by atoms with Crippen LogP contribution in [0.1, 0.15) is 11.3 Å². The first-order chi connectivity index (χ1) is 8.16. The minimum absolute atomic E-state index is 0.0141. The molecule has 0 bridgehead atoms. The van der Waals surface area contributed by atoms with Crippen molar-refractivity contribution in [2.75, 3.05) is 0 Å². The Bertz CT molecular complexity index is 534. The Morgan fingerprint density at radius 1 is 1.47 bits per heavy atom. The van der Waals surface area contributed by atoms with E-state index in [0.717, 1.165) is 5.69 Å². The summed E-state index contributed by atoms with van der Waals surface area (Å²) in [6, 6.07) is 7.16. The van der Waals surface area contributed by atoms with Crippen molar-refractivity contribution in [2.24, 2.45) is 12.8 Å². The summed E-state index contributed by atoms with van der Waals surface area (Å²) >= 11 is 0. The van der Waals surface area contributed by atoms with Crippen molar-refractivity contribution in [3.05, 3.63) is 41.7 Å². The molecule has 0 aliphatic rings. The number of nitrogen functional groups attached to an aromatic ring is 1. The van der Waals surface area contributed by atoms with Crippen molar-refractivity contribution in [3.8, 4) is 5.75 Å². The third-order valence-corrected chi connectivity index (χ3v) is 2.20. The minimum Gasteiger partial charge on any atom is -0.486 e. The van der Waals surface area contributed by atoms with E-state index >= 15 is 0 Å². The Balaban J connectivity index is 2.11. The number of para-hydroxylation sites is 1. The number of benzene rings is 1. The first-order valence-corrected chi connectivity index (χ1v) is 5.08. The van der Waals surface area contributed by atoms with Crippen LogP contribution in [-0.2, 0) is 13.7 Å². The maximum atomic E-state index is 7.43. The number of rotatable bonds is 4. The van der Waals surface area contributed by atoms with Gasteiger partial charge in [0.2, 0.25) is 0 Å². The summed E-state index contributed by atoms with van der Waals surface area (Å²) in [5.41, 5.74) is 6.77. The van der Waals surface area contributed by atoms with E-state index in [2.05, 4.69) is 10.3 Å². The summed E-state index contributed by atoms with van der Waals surface area (Å²) in [6.07, 6.45) is 1.77. The molecule has 2 aromatic rings. The number of hydrogen-bond acceptors (Lipinski definition) is 4. The fourth-order valence-corrected chi connectivity index (χ4v) is 1.43. The lowest BCUT2D eigenvalue weighted by Gasteiger charge is -2.08. The van der Waals surface area contributed by atoms with Gasteiger partial charge in [0.1, 0.15) is 23.9 Å². The van der Waals surface area contributed by atoms with Gasteiger partial charge in [0.25, 0.3) is 0 Å². The number of ether oxygens (including phenoxy) is 1. The lowest BCUT2D eigenvalue weighted by atomic mass is 10.2. The van der Waals surface area contributed by atoms with E-state index in [1.807, 2.05) is 12.1 Å². The van der Waals surface area contributed by atoms with Crippen molar-refractivity contribution in [2.45, 2.75) is 6.61 Å². The Morgan fingerprint density at radius 3 is 2.88 bits per heavy atom. The smallest absolute Gasteiger partial charge is 0.134 e. The highest BCUT2D eigenvalue weighted by Gasteiger charge is 2.06. The number of nitrogens with two attached hydrogens (primary N) is 1. The molecule has 0 aliphatic heterocycles. The van der Waals surface area contributed by atoms with E-state index in [9.17, 15) is 0 Å². The van der Waals surface area contributed by atoms with Crippen LogP contribution in [0.4, 0.5) is 0 Å². The molecule has 6 heteroatoms. The lowest BCUT2D eigenvalue weighted by Crippen LogP contribution is -2.13. The standard InChI is InChI=1S/C11H13N5O/c1-16-6-8(14-15-16)7-17-10-5-3-2-4-9(10)11(12)13/h2-6H,7H2,1H3,(H3,12,13). The van der Waals surface area contributed by atoms with Crippen LogP contribution >= 0.6 is 0 Å². The molecule has 0 radical (unpaired) electrons. The highest BCUT2D eigenvalue weighted by atomic mass is 16.5. The highest BCUT2D eigenvalue weighted by Crippen LogP contribution is 2.18. The summed E-state index contributed by atoms with van der Waals surface area (Å²) in [4.78, 5) is 0. The first kappa shape index (κ1) is 11.1. The second kappa shape index (κ2) is 4.65. The van der Waals surface area contributed by atoms with Gasteiger partial charge in [-0.1, -0.05) is 17.3 Å². The fraction of sp³-hybridized carbons (Fsp3) is 0.182. The van der Waals surface area contributed by atoms with Gasteiger partial charge in [0.05, 0.1) is 11.8 Å². The molecule has 1 aromatic heterocycles. The summed E-state index contributed by atoms with van der Waals surface area (Å²) < 4.78 is 7.17. The van der Waals surface area contributed by atoms with Crippen LogP contribution in [0, 0.1) is 5.41 Å². The number of nitrogens with one attached hydrogen (secondary N) is 1. The van der Waals surface area contributed by atoms with Gasteiger partial charge in [0, 0.05) is 7.05 Å². The molecule has 0 saturated heterocycles. The molecule has 0 saturated carbocycles. The van der Waals surface area contributed by atoms with E-state index in [1.54, 1.807) is 30.1 Å². The van der Waals surface area contributed by atoms with E-state index in [0.29, 0.717) is 17.9 Å². The van der Waals surface area contributed by atoms with Crippen molar-refractivity contribution < 1.29 is 4.74 Å². The monoisotopic (exact) mass is 231 g/mol. The van der Waals surface area contributed by atoms with Crippen LogP contribution in [0.5, 0.6) is 5.75 Å². The molecule has 88 valence electrons. The normalized spacial score (nSPS) is 10.2. The second-order valence-electron chi connectivity index (χ2n) is 3.58. The third-order valence-electron chi connectivity index (χ3n) is 2.20. The molecule has 2 rings (SSSR count). The predicted octanol–water partition coefficient (Wildman–Crippen LogP) is 0.678. The number of nitrogens with zero attached hydrogens (tertiary/aromatic N) is 3. The molecule has 6 nitrogen and oxygen atoms in total. The Morgan fingerprint density at radius 2 is 2.24 bits per heavy atom. The molecule has 0 spiro atoms. The first-order valence-electron chi connectivity index (χ1n) is 5.08. The molecule has 0 fully saturated rings. The van der Waals surface area contributed by atoms with Crippen molar-refractivity contribution >= 4 is 5.84 Å². The number of aromatic nitrogens is 3. The lowest BCUT2D eigenvalue weighted by molar-refractivity contribution is 0.300. The topological polar surface area (TPSA) is 89.8 Å². The van der Waals surface area contributed by atoms with Gasteiger partial charge in [-0.15, -0.1) is 5.10 Å². The number of aryl methyl sites for hydroxylation is 1. The number of hydrogen-bond donors (Lipinski definition) is 2. The molecule has 0 amide bonds. The van der Waals surface area contributed by atoms with E-state index in [-0.39, 0.29) is 5.84 Å².